The van der Waals surface area contributed by atoms with Gasteiger partial charge in [0.2, 0.25) is 5.91 Å². The van der Waals surface area contributed by atoms with Crippen molar-refractivity contribution in [2.75, 3.05) is 0 Å². The average molecular weight is 255 g/mol. The maximum atomic E-state index is 11.5. The summed E-state index contributed by atoms with van der Waals surface area (Å²) in [5, 5.41) is 1.80. The molecular weight excluding hydrogens is 242 g/mol. The summed E-state index contributed by atoms with van der Waals surface area (Å²) in [6.45, 7) is 0. The molecule has 0 aromatic heterocycles. The molecule has 0 unspecified atom stereocenters. The topological polar surface area (TPSA) is 43.1 Å². The highest BCUT2D eigenvalue weighted by Crippen LogP contribution is 2.24. The quantitative estimate of drug-likeness (QED) is 0.673. The molecule has 0 aliphatic heterocycles. The molecule has 3 heteroatoms. The zero-order valence-corrected chi connectivity index (χ0v) is 10.6. The molecule has 2 nitrogen and oxygen atoms in total. The van der Waals surface area contributed by atoms with Crippen molar-refractivity contribution in [3.63, 3.8) is 0 Å². The standard InChI is InChI=1S/C15H13NOS/c16-15(17)14(12-7-3-1-4-8-12)11-18-13-9-5-2-6-10-13/h1-11H,(H2,16,17). The van der Waals surface area contributed by atoms with E-state index in [-0.39, 0.29) is 0 Å². The second-order valence-corrected chi connectivity index (χ2v) is 4.64. The molecular formula is C15H13NOS. The molecule has 2 rings (SSSR count). The minimum Gasteiger partial charge on any atom is -0.366 e. The Bertz CT molecular complexity index is 549. The summed E-state index contributed by atoms with van der Waals surface area (Å²) in [6, 6.07) is 19.3. The summed E-state index contributed by atoms with van der Waals surface area (Å²) in [6.07, 6.45) is 0. The van der Waals surface area contributed by atoms with Gasteiger partial charge in [0.05, 0.1) is 5.57 Å². The van der Waals surface area contributed by atoms with Gasteiger partial charge in [-0.3, -0.25) is 4.79 Å². The highest BCUT2D eigenvalue weighted by Gasteiger charge is 2.07. The third kappa shape index (κ3) is 3.25. The summed E-state index contributed by atoms with van der Waals surface area (Å²) in [4.78, 5) is 12.5. The Hall–Kier alpha value is -2.00. The Labute approximate surface area is 111 Å². The van der Waals surface area contributed by atoms with Gasteiger partial charge in [-0.25, -0.2) is 0 Å². The number of carbonyl (C=O) groups is 1. The lowest BCUT2D eigenvalue weighted by molar-refractivity contribution is -0.112. The lowest BCUT2D eigenvalue weighted by atomic mass is 10.1. The first-order valence-corrected chi connectivity index (χ1v) is 6.42. The molecule has 2 N–H and O–H groups in total. The van der Waals surface area contributed by atoms with Crippen molar-refractivity contribution in [2.24, 2.45) is 5.73 Å². The number of primary amides is 1. The molecule has 0 saturated heterocycles. The third-order valence-corrected chi connectivity index (χ3v) is 3.30. The molecule has 1 amide bonds. The van der Waals surface area contributed by atoms with Crippen LogP contribution < -0.4 is 5.73 Å². The van der Waals surface area contributed by atoms with E-state index in [2.05, 4.69) is 0 Å². The van der Waals surface area contributed by atoms with Gasteiger partial charge >= 0.3 is 0 Å². The highest BCUT2D eigenvalue weighted by molar-refractivity contribution is 8.02. The monoisotopic (exact) mass is 255 g/mol. The molecule has 0 fully saturated rings. The molecule has 0 saturated carbocycles. The van der Waals surface area contributed by atoms with Crippen LogP contribution in [0, 0.1) is 0 Å². The molecule has 0 spiro atoms. The van der Waals surface area contributed by atoms with Gasteiger partial charge < -0.3 is 5.73 Å². The summed E-state index contributed by atoms with van der Waals surface area (Å²) in [5.74, 6) is -0.412. The predicted molar refractivity (Wildman–Crippen MR) is 75.9 cm³/mol. The Morgan fingerprint density at radius 2 is 1.50 bits per heavy atom. The van der Waals surface area contributed by atoms with E-state index in [1.807, 2.05) is 60.7 Å². The lowest BCUT2D eigenvalue weighted by Crippen LogP contribution is -2.12. The molecule has 2 aromatic carbocycles. The van der Waals surface area contributed by atoms with Crippen molar-refractivity contribution in [1.29, 1.82) is 0 Å². The second kappa shape index (κ2) is 6.07. The summed E-state index contributed by atoms with van der Waals surface area (Å²) >= 11 is 1.49. The van der Waals surface area contributed by atoms with Crippen molar-refractivity contribution in [3.8, 4) is 0 Å². The van der Waals surface area contributed by atoms with Crippen LogP contribution in [-0.4, -0.2) is 5.91 Å². The van der Waals surface area contributed by atoms with Crippen molar-refractivity contribution < 1.29 is 4.79 Å². The Balaban J connectivity index is 2.24. The number of carbonyl (C=O) groups excluding carboxylic acids is 1. The van der Waals surface area contributed by atoms with Gasteiger partial charge in [0, 0.05) is 4.90 Å². The minimum atomic E-state index is -0.412. The fourth-order valence-corrected chi connectivity index (χ4v) is 2.33. The highest BCUT2D eigenvalue weighted by atomic mass is 32.2. The van der Waals surface area contributed by atoms with Gasteiger partial charge in [-0.2, -0.15) is 0 Å². The smallest absolute Gasteiger partial charge is 0.249 e. The number of amides is 1. The first-order chi connectivity index (χ1) is 8.77. The van der Waals surface area contributed by atoms with E-state index in [1.165, 1.54) is 11.8 Å². The summed E-state index contributed by atoms with van der Waals surface area (Å²) in [7, 11) is 0. The van der Waals surface area contributed by atoms with Crippen LogP contribution in [0.3, 0.4) is 0 Å². The number of benzene rings is 2. The fourth-order valence-electron chi connectivity index (χ4n) is 1.51. The second-order valence-electron chi connectivity index (χ2n) is 3.69. The van der Waals surface area contributed by atoms with Gasteiger partial charge in [0.15, 0.2) is 0 Å². The van der Waals surface area contributed by atoms with Crippen molar-refractivity contribution in [2.45, 2.75) is 4.90 Å². The van der Waals surface area contributed by atoms with Crippen LogP contribution in [0.1, 0.15) is 5.56 Å². The summed E-state index contributed by atoms with van der Waals surface area (Å²) < 4.78 is 0. The minimum absolute atomic E-state index is 0.412. The first kappa shape index (κ1) is 12.5. The van der Waals surface area contributed by atoms with E-state index in [0.717, 1.165) is 10.5 Å². The van der Waals surface area contributed by atoms with Crippen molar-refractivity contribution >= 4 is 23.2 Å². The number of rotatable bonds is 4. The summed E-state index contributed by atoms with van der Waals surface area (Å²) in [5.41, 5.74) is 6.79. The maximum absolute atomic E-state index is 11.5. The van der Waals surface area contributed by atoms with Gasteiger partial charge in [-0.05, 0) is 23.1 Å². The van der Waals surface area contributed by atoms with E-state index < -0.39 is 5.91 Å². The van der Waals surface area contributed by atoms with E-state index in [1.54, 1.807) is 5.41 Å². The van der Waals surface area contributed by atoms with Crippen LogP contribution in [-0.2, 0) is 4.79 Å². The SMILES string of the molecule is NC(=O)C(=CSc1ccccc1)c1ccccc1. The maximum Gasteiger partial charge on any atom is 0.249 e. The molecule has 0 heterocycles. The normalized spacial score (nSPS) is 11.2. The Kier molecular flexibility index (Phi) is 4.20. The zero-order valence-electron chi connectivity index (χ0n) is 9.74. The molecule has 0 atom stereocenters. The van der Waals surface area contributed by atoms with E-state index >= 15 is 0 Å². The molecule has 0 radical (unpaired) electrons. The number of thioether (sulfide) groups is 1. The average Bonchev–Trinajstić information content (AvgIpc) is 2.41. The Morgan fingerprint density at radius 3 is 2.06 bits per heavy atom. The lowest BCUT2D eigenvalue weighted by Gasteiger charge is -2.03. The van der Waals surface area contributed by atoms with Gasteiger partial charge in [0.25, 0.3) is 0 Å². The number of hydrogen-bond acceptors (Lipinski definition) is 2. The van der Waals surface area contributed by atoms with E-state index in [9.17, 15) is 4.79 Å². The van der Waals surface area contributed by atoms with Crippen molar-refractivity contribution in [1.82, 2.24) is 0 Å². The largest absolute Gasteiger partial charge is 0.366 e. The first-order valence-electron chi connectivity index (χ1n) is 5.54. The molecule has 2 aromatic rings. The number of hydrogen-bond donors (Lipinski definition) is 1. The zero-order chi connectivity index (χ0) is 12.8. The van der Waals surface area contributed by atoms with Gasteiger partial charge in [-0.1, -0.05) is 60.3 Å². The van der Waals surface area contributed by atoms with Crippen LogP contribution >= 0.6 is 11.8 Å². The van der Waals surface area contributed by atoms with Crippen LogP contribution in [0.2, 0.25) is 0 Å². The van der Waals surface area contributed by atoms with Crippen molar-refractivity contribution in [3.05, 3.63) is 71.6 Å². The van der Waals surface area contributed by atoms with Crippen LogP contribution in [0.5, 0.6) is 0 Å². The fraction of sp³-hybridized carbons (Fsp3) is 0. The molecule has 0 aliphatic rings. The van der Waals surface area contributed by atoms with Crippen LogP contribution in [0.15, 0.2) is 71.0 Å². The molecule has 90 valence electrons. The van der Waals surface area contributed by atoms with Gasteiger partial charge in [0.1, 0.15) is 0 Å². The van der Waals surface area contributed by atoms with E-state index in [4.69, 9.17) is 5.73 Å². The predicted octanol–water partition coefficient (Wildman–Crippen LogP) is 3.31. The molecule has 0 aliphatic carbocycles. The Morgan fingerprint density at radius 1 is 0.944 bits per heavy atom. The van der Waals surface area contributed by atoms with E-state index in [0.29, 0.717) is 5.57 Å². The molecule has 0 bridgehead atoms. The van der Waals surface area contributed by atoms with Crippen LogP contribution in [0.25, 0.3) is 5.57 Å². The molecule has 18 heavy (non-hydrogen) atoms. The number of nitrogens with two attached hydrogens (primary N) is 1. The third-order valence-electron chi connectivity index (χ3n) is 2.41. The van der Waals surface area contributed by atoms with Gasteiger partial charge in [-0.15, -0.1) is 0 Å². The van der Waals surface area contributed by atoms with Crippen LogP contribution in [0.4, 0.5) is 0 Å².